The van der Waals surface area contributed by atoms with Crippen LogP contribution in [0, 0.1) is 13.8 Å². The van der Waals surface area contributed by atoms with Gasteiger partial charge in [0.25, 0.3) is 0 Å². The van der Waals surface area contributed by atoms with Crippen molar-refractivity contribution in [2.75, 3.05) is 6.54 Å². The average molecular weight is 387 g/mol. The molecule has 6 heteroatoms. The van der Waals surface area contributed by atoms with Crippen molar-refractivity contribution in [3.05, 3.63) is 71.7 Å². The van der Waals surface area contributed by atoms with Crippen molar-refractivity contribution in [1.82, 2.24) is 29.0 Å². The first kappa shape index (κ1) is 18.1. The molecule has 1 atom stereocenters. The number of hydrogen-bond donors (Lipinski definition) is 0. The normalized spacial score (nSPS) is 17.4. The molecule has 1 aliphatic heterocycles. The van der Waals surface area contributed by atoms with Crippen LogP contribution in [-0.4, -0.2) is 35.6 Å². The van der Waals surface area contributed by atoms with Crippen LogP contribution in [0.5, 0.6) is 0 Å². The SMILES string of the molecule is Cc1ccn2c(CN3CCC[C@@H]3c3ccc(-c4cnn(C)c4)cn3)c(C)nc2c1. The summed E-state index contributed by atoms with van der Waals surface area (Å²) in [6.07, 6.45) is 10.4. The molecule has 0 radical (unpaired) electrons. The molecule has 0 aromatic carbocycles. The Bertz CT molecular complexity index is 1150. The van der Waals surface area contributed by atoms with Crippen molar-refractivity contribution in [3.63, 3.8) is 0 Å². The molecular weight excluding hydrogens is 360 g/mol. The van der Waals surface area contributed by atoms with E-state index in [0.717, 1.165) is 47.7 Å². The van der Waals surface area contributed by atoms with Crippen molar-refractivity contribution in [2.45, 2.75) is 39.3 Å². The van der Waals surface area contributed by atoms with Crippen molar-refractivity contribution < 1.29 is 0 Å². The van der Waals surface area contributed by atoms with Crippen molar-refractivity contribution in [1.29, 1.82) is 0 Å². The first-order chi connectivity index (χ1) is 14.1. The topological polar surface area (TPSA) is 51.2 Å². The van der Waals surface area contributed by atoms with Gasteiger partial charge in [0.1, 0.15) is 5.65 Å². The van der Waals surface area contributed by atoms with Gasteiger partial charge < -0.3 is 4.40 Å². The summed E-state index contributed by atoms with van der Waals surface area (Å²) in [5.41, 5.74) is 8.03. The number of aryl methyl sites for hydroxylation is 3. The van der Waals surface area contributed by atoms with Crippen LogP contribution in [0.15, 0.2) is 49.1 Å². The fourth-order valence-electron chi connectivity index (χ4n) is 4.39. The summed E-state index contributed by atoms with van der Waals surface area (Å²) in [7, 11) is 1.94. The molecule has 0 amide bonds. The van der Waals surface area contributed by atoms with Crippen LogP contribution in [0.4, 0.5) is 0 Å². The second kappa shape index (κ2) is 7.12. The number of nitrogens with zero attached hydrogens (tertiary/aromatic N) is 6. The fraction of sp³-hybridized carbons (Fsp3) is 0.348. The molecule has 29 heavy (non-hydrogen) atoms. The molecule has 5 heterocycles. The summed E-state index contributed by atoms with van der Waals surface area (Å²) in [4.78, 5) is 12.1. The maximum atomic E-state index is 4.82. The van der Waals surface area contributed by atoms with E-state index >= 15 is 0 Å². The van der Waals surface area contributed by atoms with E-state index in [1.165, 1.54) is 17.7 Å². The highest BCUT2D eigenvalue weighted by atomic mass is 15.2. The zero-order valence-electron chi connectivity index (χ0n) is 17.2. The van der Waals surface area contributed by atoms with E-state index in [0.29, 0.717) is 6.04 Å². The predicted molar refractivity (Wildman–Crippen MR) is 113 cm³/mol. The van der Waals surface area contributed by atoms with E-state index in [1.54, 1.807) is 0 Å². The highest BCUT2D eigenvalue weighted by Gasteiger charge is 2.28. The van der Waals surface area contributed by atoms with Gasteiger partial charge >= 0.3 is 0 Å². The molecule has 148 valence electrons. The number of aromatic nitrogens is 5. The summed E-state index contributed by atoms with van der Waals surface area (Å²) in [5.74, 6) is 0. The molecule has 0 N–H and O–H groups in total. The highest BCUT2D eigenvalue weighted by Crippen LogP contribution is 2.33. The minimum Gasteiger partial charge on any atom is -0.302 e. The van der Waals surface area contributed by atoms with E-state index in [9.17, 15) is 0 Å². The summed E-state index contributed by atoms with van der Waals surface area (Å²) in [6, 6.07) is 9.00. The zero-order chi connectivity index (χ0) is 20.0. The van der Waals surface area contributed by atoms with Gasteiger partial charge in [0, 0.05) is 43.3 Å². The monoisotopic (exact) mass is 386 g/mol. The molecule has 0 unspecified atom stereocenters. The standard InChI is InChI=1S/C23H26N6/c1-16-8-10-29-22(17(2)26-23(29)11-16)15-28-9-4-5-21(28)20-7-6-18(12-24-20)19-13-25-27(3)14-19/h6-8,10-14,21H,4-5,9,15H2,1-3H3/t21-/m1/s1. The quantitative estimate of drug-likeness (QED) is 0.530. The van der Waals surface area contributed by atoms with Gasteiger partial charge in [-0.2, -0.15) is 5.10 Å². The lowest BCUT2D eigenvalue weighted by Crippen LogP contribution is -2.24. The number of imidazole rings is 1. The van der Waals surface area contributed by atoms with Gasteiger partial charge in [-0.3, -0.25) is 14.6 Å². The lowest BCUT2D eigenvalue weighted by Gasteiger charge is -2.24. The largest absolute Gasteiger partial charge is 0.302 e. The maximum absolute atomic E-state index is 4.82. The zero-order valence-corrected chi connectivity index (χ0v) is 17.2. The minimum absolute atomic E-state index is 0.355. The van der Waals surface area contributed by atoms with Crippen LogP contribution < -0.4 is 0 Å². The maximum Gasteiger partial charge on any atom is 0.137 e. The second-order valence-electron chi connectivity index (χ2n) is 8.08. The Morgan fingerprint density at radius 2 is 2.00 bits per heavy atom. The third-order valence-electron chi connectivity index (χ3n) is 5.96. The van der Waals surface area contributed by atoms with Gasteiger partial charge in [-0.05, 0) is 57.0 Å². The van der Waals surface area contributed by atoms with Gasteiger partial charge in [0.2, 0.25) is 0 Å². The van der Waals surface area contributed by atoms with E-state index in [-0.39, 0.29) is 0 Å². The van der Waals surface area contributed by atoms with Crippen LogP contribution in [-0.2, 0) is 13.6 Å². The Hall–Kier alpha value is -2.99. The predicted octanol–water partition coefficient (Wildman–Crippen LogP) is 4.08. The number of rotatable bonds is 4. The van der Waals surface area contributed by atoms with Crippen molar-refractivity contribution in [3.8, 4) is 11.1 Å². The molecule has 4 aromatic rings. The third kappa shape index (κ3) is 3.34. The van der Waals surface area contributed by atoms with Gasteiger partial charge in [0.15, 0.2) is 0 Å². The van der Waals surface area contributed by atoms with Gasteiger partial charge in [0.05, 0.1) is 29.3 Å². The van der Waals surface area contributed by atoms with Gasteiger partial charge in [-0.15, -0.1) is 0 Å². The molecular formula is C23H26N6. The Morgan fingerprint density at radius 3 is 2.76 bits per heavy atom. The number of fused-ring (bicyclic) bond motifs is 1. The van der Waals surface area contributed by atoms with Crippen molar-refractivity contribution >= 4 is 5.65 Å². The molecule has 6 nitrogen and oxygen atoms in total. The summed E-state index contributed by atoms with van der Waals surface area (Å²) in [6.45, 7) is 6.21. The minimum atomic E-state index is 0.355. The second-order valence-corrected chi connectivity index (χ2v) is 8.08. The van der Waals surface area contributed by atoms with Crippen LogP contribution >= 0.6 is 0 Å². The fourth-order valence-corrected chi connectivity index (χ4v) is 4.39. The van der Waals surface area contributed by atoms with E-state index < -0.39 is 0 Å². The molecule has 1 saturated heterocycles. The third-order valence-corrected chi connectivity index (χ3v) is 5.96. The van der Waals surface area contributed by atoms with Crippen LogP contribution in [0.2, 0.25) is 0 Å². The van der Waals surface area contributed by atoms with Crippen LogP contribution in [0.3, 0.4) is 0 Å². The van der Waals surface area contributed by atoms with Gasteiger partial charge in [-0.25, -0.2) is 4.98 Å². The van der Waals surface area contributed by atoms with E-state index in [2.05, 4.69) is 58.7 Å². The molecule has 0 saturated carbocycles. The Kier molecular flexibility index (Phi) is 4.43. The van der Waals surface area contributed by atoms with Crippen LogP contribution in [0.25, 0.3) is 16.8 Å². The van der Waals surface area contributed by atoms with Crippen LogP contribution in [0.1, 0.15) is 41.5 Å². The molecule has 1 aliphatic rings. The molecule has 0 bridgehead atoms. The van der Waals surface area contributed by atoms with Crippen molar-refractivity contribution in [2.24, 2.45) is 7.05 Å². The lowest BCUT2D eigenvalue weighted by atomic mass is 10.1. The summed E-state index contributed by atoms with van der Waals surface area (Å²) in [5, 5.41) is 4.26. The molecule has 4 aromatic heterocycles. The van der Waals surface area contributed by atoms with Gasteiger partial charge in [-0.1, -0.05) is 6.07 Å². The number of pyridine rings is 2. The summed E-state index contributed by atoms with van der Waals surface area (Å²) >= 11 is 0. The Balaban J connectivity index is 1.40. The molecule has 0 spiro atoms. The molecule has 0 aliphatic carbocycles. The lowest BCUT2D eigenvalue weighted by molar-refractivity contribution is 0.240. The Labute approximate surface area is 170 Å². The van der Waals surface area contributed by atoms with E-state index in [4.69, 9.17) is 9.97 Å². The van der Waals surface area contributed by atoms with E-state index in [1.807, 2.05) is 30.3 Å². The highest BCUT2D eigenvalue weighted by molar-refractivity contribution is 5.60. The average Bonchev–Trinajstić information content (AvgIpc) is 3.42. The Morgan fingerprint density at radius 1 is 1.10 bits per heavy atom. The number of hydrogen-bond acceptors (Lipinski definition) is 4. The first-order valence-corrected chi connectivity index (χ1v) is 10.2. The smallest absolute Gasteiger partial charge is 0.137 e. The summed E-state index contributed by atoms with van der Waals surface area (Å²) < 4.78 is 4.05. The molecule has 1 fully saturated rings. The first-order valence-electron chi connectivity index (χ1n) is 10.2. The number of likely N-dealkylation sites (tertiary alicyclic amines) is 1. The molecule has 5 rings (SSSR count).